The van der Waals surface area contributed by atoms with Crippen LogP contribution in [0.5, 0.6) is 0 Å². The van der Waals surface area contributed by atoms with Gasteiger partial charge < -0.3 is 14.6 Å². The maximum Gasteiger partial charge on any atom is 0.423 e. The number of carboxylic acids is 1. The molecule has 7 nitrogen and oxygen atoms in total. The third kappa shape index (κ3) is 4.51. The second-order valence-electron chi connectivity index (χ2n) is 7.57. The van der Waals surface area contributed by atoms with Gasteiger partial charge in [0.25, 0.3) is 0 Å². The lowest BCUT2D eigenvalue weighted by atomic mass is 9.94. The average Bonchev–Trinajstić information content (AvgIpc) is 3.29. The molecule has 11 heteroatoms. The van der Waals surface area contributed by atoms with Gasteiger partial charge in [-0.15, -0.1) is 0 Å². The number of rotatable bonds is 9. The normalized spacial score (nSPS) is 19.6. The molecular formula is C19H21F3N2O5S. The summed E-state index contributed by atoms with van der Waals surface area (Å²) in [7, 11) is -3.52. The molecule has 1 saturated carbocycles. The van der Waals surface area contributed by atoms with E-state index in [0.717, 1.165) is 12.3 Å². The van der Waals surface area contributed by atoms with Crippen LogP contribution < -0.4 is 0 Å². The first-order valence-corrected chi connectivity index (χ1v) is 11.1. The quantitative estimate of drug-likeness (QED) is 0.538. The highest BCUT2D eigenvalue weighted by Crippen LogP contribution is 2.49. The Morgan fingerprint density at radius 2 is 1.97 bits per heavy atom. The molecule has 2 heterocycles. The number of nitrogens with zero attached hydrogens (tertiary/aromatic N) is 1. The van der Waals surface area contributed by atoms with Crippen molar-refractivity contribution in [2.24, 2.45) is 5.41 Å². The number of carboxylic acid groups (broad SMARTS) is 1. The van der Waals surface area contributed by atoms with Crippen LogP contribution in [-0.2, 0) is 20.1 Å². The molecule has 0 saturated heterocycles. The fourth-order valence-electron chi connectivity index (χ4n) is 3.14. The fourth-order valence-corrected chi connectivity index (χ4v) is 4.69. The average molecular weight is 446 g/mol. The lowest BCUT2D eigenvalue weighted by Crippen LogP contribution is -2.44. The number of nitrogens with one attached hydrogen (secondary N) is 1. The van der Waals surface area contributed by atoms with E-state index in [2.05, 4.69) is 4.98 Å². The van der Waals surface area contributed by atoms with Crippen molar-refractivity contribution in [1.82, 2.24) is 4.98 Å². The van der Waals surface area contributed by atoms with Gasteiger partial charge in [0.2, 0.25) is 5.60 Å². The van der Waals surface area contributed by atoms with E-state index in [4.69, 9.17) is 14.3 Å². The highest BCUT2D eigenvalue weighted by Gasteiger charge is 2.56. The number of pyridine rings is 1. The molecule has 2 aromatic heterocycles. The molecule has 30 heavy (non-hydrogen) atoms. The molecule has 1 aliphatic carbocycles. The van der Waals surface area contributed by atoms with Crippen molar-refractivity contribution in [3.8, 4) is 11.3 Å². The molecule has 0 amide bonds. The SMILES string of the molecule is N=S(=O)(CCC1(C(=O)O)CC1)CCC(O)(c1ccc(-c2ccco2)cn1)C(F)(F)F. The van der Waals surface area contributed by atoms with Crippen LogP contribution in [0.15, 0.2) is 41.1 Å². The Balaban J connectivity index is 1.74. The van der Waals surface area contributed by atoms with Crippen LogP contribution in [0.25, 0.3) is 11.3 Å². The van der Waals surface area contributed by atoms with E-state index in [-0.39, 0.29) is 12.2 Å². The summed E-state index contributed by atoms with van der Waals surface area (Å²) in [6.07, 6.45) is -2.84. The second-order valence-corrected chi connectivity index (χ2v) is 10.0. The number of aromatic nitrogens is 1. The van der Waals surface area contributed by atoms with Gasteiger partial charge in [-0.3, -0.25) is 14.6 Å². The number of hydrogen-bond acceptors (Lipinski definition) is 6. The molecule has 2 unspecified atom stereocenters. The number of alkyl halides is 3. The van der Waals surface area contributed by atoms with Crippen molar-refractivity contribution >= 4 is 15.7 Å². The minimum Gasteiger partial charge on any atom is -0.481 e. The molecule has 3 N–H and O–H groups in total. The standard InChI is InChI=1S/C19H21F3N2O5S/c20-19(21,22)18(27,15-4-3-13(12-24-15)14-2-1-9-29-14)8-11-30(23,28)10-7-17(5-6-17)16(25)26/h1-4,9,12,23,27H,5-8,10-11H2,(H,25,26). The van der Waals surface area contributed by atoms with E-state index < -0.39 is 50.8 Å². The first-order chi connectivity index (χ1) is 13.9. The van der Waals surface area contributed by atoms with E-state index in [0.29, 0.717) is 24.2 Å². The zero-order chi connectivity index (χ0) is 22.2. The van der Waals surface area contributed by atoms with Gasteiger partial charge in [0, 0.05) is 39.4 Å². The van der Waals surface area contributed by atoms with Crippen LogP contribution in [0.1, 0.15) is 31.4 Å². The van der Waals surface area contributed by atoms with Gasteiger partial charge >= 0.3 is 12.1 Å². The zero-order valence-corrected chi connectivity index (χ0v) is 16.6. The highest BCUT2D eigenvalue weighted by atomic mass is 32.2. The van der Waals surface area contributed by atoms with Gasteiger partial charge in [0.05, 0.1) is 17.4 Å². The monoisotopic (exact) mass is 446 g/mol. The minimum atomic E-state index is -5.11. The van der Waals surface area contributed by atoms with Gasteiger partial charge in [-0.1, -0.05) is 0 Å². The number of halogens is 3. The highest BCUT2D eigenvalue weighted by molar-refractivity contribution is 7.92. The molecule has 2 aromatic rings. The summed E-state index contributed by atoms with van der Waals surface area (Å²) < 4.78 is 66.6. The summed E-state index contributed by atoms with van der Waals surface area (Å²) in [6, 6.07) is 5.54. The van der Waals surface area contributed by atoms with Crippen molar-refractivity contribution in [3.63, 3.8) is 0 Å². The van der Waals surface area contributed by atoms with Crippen LogP contribution in [0, 0.1) is 10.2 Å². The molecule has 0 radical (unpaired) electrons. The number of carbonyl (C=O) groups is 1. The van der Waals surface area contributed by atoms with Crippen LogP contribution in [0.3, 0.4) is 0 Å². The first kappa shape index (κ1) is 22.3. The van der Waals surface area contributed by atoms with E-state index in [1.807, 2.05) is 0 Å². The summed E-state index contributed by atoms with van der Waals surface area (Å²) in [4.78, 5) is 14.9. The predicted octanol–water partition coefficient (Wildman–Crippen LogP) is 3.78. The maximum atomic E-state index is 13.7. The molecule has 1 aliphatic rings. The smallest absolute Gasteiger partial charge is 0.423 e. The molecule has 0 bridgehead atoms. The van der Waals surface area contributed by atoms with Crippen LogP contribution in [0.2, 0.25) is 0 Å². The summed E-state index contributed by atoms with van der Waals surface area (Å²) in [5, 5.41) is 19.6. The number of aliphatic hydroxyl groups is 1. The Hall–Kier alpha value is -2.40. The largest absolute Gasteiger partial charge is 0.481 e. The summed E-state index contributed by atoms with van der Waals surface area (Å²) in [5.74, 6) is -1.73. The van der Waals surface area contributed by atoms with Crippen molar-refractivity contribution in [3.05, 3.63) is 42.4 Å². The first-order valence-electron chi connectivity index (χ1n) is 9.16. The van der Waals surface area contributed by atoms with Crippen molar-refractivity contribution in [2.45, 2.75) is 37.5 Å². The topological polar surface area (TPSA) is 124 Å². The lowest BCUT2D eigenvalue weighted by molar-refractivity contribution is -0.268. The molecule has 0 aromatic carbocycles. The molecule has 2 atom stereocenters. The van der Waals surface area contributed by atoms with Crippen LogP contribution >= 0.6 is 0 Å². The lowest BCUT2D eigenvalue weighted by Gasteiger charge is -2.30. The predicted molar refractivity (Wildman–Crippen MR) is 101 cm³/mol. The van der Waals surface area contributed by atoms with E-state index >= 15 is 0 Å². The number of hydrogen-bond donors (Lipinski definition) is 3. The minimum absolute atomic E-state index is 0.0365. The van der Waals surface area contributed by atoms with Gasteiger partial charge in [0.1, 0.15) is 5.76 Å². The molecule has 1 fully saturated rings. The molecular weight excluding hydrogens is 425 g/mol. The Bertz CT molecular complexity index is 1000. The van der Waals surface area contributed by atoms with Crippen molar-refractivity contribution in [1.29, 1.82) is 4.78 Å². The molecule has 0 spiro atoms. The van der Waals surface area contributed by atoms with E-state index in [1.165, 1.54) is 12.3 Å². The van der Waals surface area contributed by atoms with E-state index in [9.17, 15) is 27.3 Å². The van der Waals surface area contributed by atoms with Gasteiger partial charge in [0.15, 0.2) is 0 Å². The van der Waals surface area contributed by atoms with Gasteiger partial charge in [-0.05, 0) is 43.5 Å². The Kier molecular flexibility index (Phi) is 5.72. The molecule has 164 valence electrons. The Morgan fingerprint density at radius 1 is 1.27 bits per heavy atom. The van der Waals surface area contributed by atoms with E-state index in [1.54, 1.807) is 12.1 Å². The summed E-state index contributed by atoms with van der Waals surface area (Å²) >= 11 is 0. The van der Waals surface area contributed by atoms with Gasteiger partial charge in [-0.25, -0.2) is 4.21 Å². The van der Waals surface area contributed by atoms with Crippen molar-refractivity contribution < 1.29 is 36.8 Å². The summed E-state index contributed by atoms with van der Waals surface area (Å²) in [5.41, 5.74) is -4.67. The second kappa shape index (κ2) is 7.69. The molecule has 0 aliphatic heterocycles. The zero-order valence-electron chi connectivity index (χ0n) is 15.8. The number of aliphatic carboxylic acids is 1. The maximum absolute atomic E-state index is 13.7. The third-order valence-corrected chi connectivity index (χ3v) is 7.20. The number of furan rings is 1. The Labute approximate surface area is 170 Å². The van der Waals surface area contributed by atoms with Gasteiger partial charge in [-0.2, -0.15) is 13.2 Å². The van der Waals surface area contributed by atoms with Crippen LogP contribution in [-0.4, -0.2) is 43.1 Å². The third-order valence-electron chi connectivity index (χ3n) is 5.47. The summed E-state index contributed by atoms with van der Waals surface area (Å²) in [6.45, 7) is 0. The molecule has 3 rings (SSSR count). The fraction of sp³-hybridized carbons (Fsp3) is 0.474. The van der Waals surface area contributed by atoms with Crippen LogP contribution in [0.4, 0.5) is 13.2 Å². The van der Waals surface area contributed by atoms with Crippen molar-refractivity contribution in [2.75, 3.05) is 11.5 Å². The Morgan fingerprint density at radius 3 is 2.43 bits per heavy atom.